The second-order valence-electron chi connectivity index (χ2n) is 5.17. The van der Waals surface area contributed by atoms with Gasteiger partial charge in [0.05, 0.1) is 5.69 Å². The molecule has 1 saturated carbocycles. The number of nitrogen functional groups attached to an aromatic ring is 1. The molecule has 0 spiro atoms. The Labute approximate surface area is 103 Å². The maximum absolute atomic E-state index is 5.66. The minimum absolute atomic E-state index is 0.308. The summed E-state index contributed by atoms with van der Waals surface area (Å²) in [5, 5.41) is 4.58. The molecule has 1 aliphatic carbocycles. The molecule has 6 heteroatoms. The van der Waals surface area contributed by atoms with Gasteiger partial charge in [-0.2, -0.15) is 4.98 Å². The molecule has 0 saturated heterocycles. The van der Waals surface area contributed by atoms with Crippen LogP contribution in [-0.4, -0.2) is 15.1 Å². The van der Waals surface area contributed by atoms with Crippen molar-refractivity contribution in [2.24, 2.45) is 5.41 Å². The van der Waals surface area contributed by atoms with E-state index in [9.17, 15) is 0 Å². The van der Waals surface area contributed by atoms with Crippen molar-refractivity contribution in [3.05, 3.63) is 11.5 Å². The van der Waals surface area contributed by atoms with Gasteiger partial charge in [-0.3, -0.25) is 0 Å². The van der Waals surface area contributed by atoms with Crippen LogP contribution in [0.15, 0.2) is 4.52 Å². The Bertz CT molecular complexity index is 572. The predicted octanol–water partition coefficient (Wildman–Crippen LogP) is 2.60. The second kappa shape index (κ2) is 3.29. The van der Waals surface area contributed by atoms with Gasteiger partial charge in [-0.05, 0) is 18.8 Å². The fourth-order valence-electron chi connectivity index (χ4n) is 1.99. The highest BCUT2D eigenvalue weighted by molar-refractivity contribution is 7.18. The Hall–Kier alpha value is -1.43. The summed E-state index contributed by atoms with van der Waals surface area (Å²) in [6.45, 7) is 6.32. The first kappa shape index (κ1) is 10.7. The average molecular weight is 250 g/mol. The van der Waals surface area contributed by atoms with Crippen LogP contribution in [0.3, 0.4) is 0 Å². The Morgan fingerprint density at radius 1 is 1.41 bits per heavy atom. The van der Waals surface area contributed by atoms with E-state index in [0.29, 0.717) is 22.4 Å². The third-order valence-corrected chi connectivity index (χ3v) is 4.25. The number of thiazole rings is 1. The maximum atomic E-state index is 5.66. The molecule has 1 atom stereocenters. The Morgan fingerprint density at radius 2 is 2.12 bits per heavy atom. The second-order valence-corrected chi connectivity index (χ2v) is 6.20. The van der Waals surface area contributed by atoms with Crippen molar-refractivity contribution >= 4 is 16.5 Å². The average Bonchev–Trinajstić information content (AvgIpc) is 2.67. The monoisotopic (exact) mass is 250 g/mol. The van der Waals surface area contributed by atoms with Crippen LogP contribution in [0.1, 0.15) is 37.7 Å². The van der Waals surface area contributed by atoms with Crippen molar-refractivity contribution in [3.8, 4) is 10.8 Å². The molecule has 0 aliphatic heterocycles. The van der Waals surface area contributed by atoms with Gasteiger partial charge in [0, 0.05) is 5.92 Å². The van der Waals surface area contributed by atoms with Crippen LogP contribution in [0.2, 0.25) is 0 Å². The lowest BCUT2D eigenvalue weighted by atomic mass is 10.1. The molecular weight excluding hydrogens is 236 g/mol. The lowest BCUT2D eigenvalue weighted by Gasteiger charge is -1.95. The number of rotatable bonds is 2. The molecule has 0 radical (unpaired) electrons. The molecule has 3 rings (SSSR count). The van der Waals surface area contributed by atoms with Crippen LogP contribution in [0.25, 0.3) is 10.8 Å². The molecule has 0 aromatic carbocycles. The molecule has 2 aromatic rings. The summed E-state index contributed by atoms with van der Waals surface area (Å²) in [5.74, 6) is 1.76. The largest absolute Gasteiger partial charge is 0.375 e. The quantitative estimate of drug-likeness (QED) is 0.886. The molecule has 2 aromatic heterocycles. The van der Waals surface area contributed by atoms with E-state index in [2.05, 4.69) is 29.0 Å². The molecule has 1 aliphatic rings. The molecule has 1 unspecified atom stereocenters. The van der Waals surface area contributed by atoms with Crippen LogP contribution in [0.4, 0.5) is 5.13 Å². The highest BCUT2D eigenvalue weighted by atomic mass is 32.1. The lowest BCUT2D eigenvalue weighted by molar-refractivity contribution is 0.420. The fourth-order valence-corrected chi connectivity index (χ4v) is 2.75. The molecule has 5 nitrogen and oxygen atoms in total. The topological polar surface area (TPSA) is 77.8 Å². The lowest BCUT2D eigenvalue weighted by Crippen LogP contribution is -1.91. The van der Waals surface area contributed by atoms with Crippen molar-refractivity contribution in [2.75, 3.05) is 5.73 Å². The maximum Gasteiger partial charge on any atom is 0.270 e. The zero-order chi connectivity index (χ0) is 12.2. The van der Waals surface area contributed by atoms with Gasteiger partial charge < -0.3 is 10.3 Å². The fraction of sp³-hybridized carbons (Fsp3) is 0.545. The normalized spacial score (nSPS) is 21.7. The smallest absolute Gasteiger partial charge is 0.270 e. The first-order valence-electron chi connectivity index (χ1n) is 5.54. The van der Waals surface area contributed by atoms with Crippen LogP contribution in [0, 0.1) is 12.3 Å². The number of anilines is 1. The first-order valence-corrected chi connectivity index (χ1v) is 6.36. The summed E-state index contributed by atoms with van der Waals surface area (Å²) in [4.78, 5) is 9.48. The molecule has 0 bridgehead atoms. The van der Waals surface area contributed by atoms with Gasteiger partial charge in [0.25, 0.3) is 5.89 Å². The summed E-state index contributed by atoms with van der Waals surface area (Å²) in [6.07, 6.45) is 1.12. The molecule has 17 heavy (non-hydrogen) atoms. The van der Waals surface area contributed by atoms with Crippen molar-refractivity contribution in [1.29, 1.82) is 0 Å². The van der Waals surface area contributed by atoms with E-state index in [0.717, 1.165) is 22.8 Å². The van der Waals surface area contributed by atoms with E-state index in [1.165, 1.54) is 11.3 Å². The van der Waals surface area contributed by atoms with E-state index in [1.807, 2.05) is 6.92 Å². The van der Waals surface area contributed by atoms with Crippen molar-refractivity contribution in [2.45, 2.75) is 33.1 Å². The van der Waals surface area contributed by atoms with Gasteiger partial charge in [-0.15, -0.1) is 0 Å². The van der Waals surface area contributed by atoms with Gasteiger partial charge in [0.1, 0.15) is 4.88 Å². The summed E-state index contributed by atoms with van der Waals surface area (Å²) in [5.41, 5.74) is 6.81. The number of nitrogens with two attached hydrogens (primary N) is 1. The number of aryl methyl sites for hydroxylation is 1. The van der Waals surface area contributed by atoms with Gasteiger partial charge in [-0.1, -0.05) is 30.3 Å². The third kappa shape index (κ3) is 1.72. The van der Waals surface area contributed by atoms with E-state index >= 15 is 0 Å². The van der Waals surface area contributed by atoms with Crippen LogP contribution >= 0.6 is 11.3 Å². The van der Waals surface area contributed by atoms with E-state index in [-0.39, 0.29) is 0 Å². The Morgan fingerprint density at radius 3 is 2.65 bits per heavy atom. The van der Waals surface area contributed by atoms with Crippen molar-refractivity contribution < 1.29 is 4.52 Å². The van der Waals surface area contributed by atoms with Gasteiger partial charge in [0.15, 0.2) is 11.0 Å². The number of aromatic nitrogens is 3. The van der Waals surface area contributed by atoms with E-state index in [4.69, 9.17) is 10.3 Å². The molecule has 2 heterocycles. The van der Waals surface area contributed by atoms with Crippen LogP contribution < -0.4 is 5.73 Å². The zero-order valence-corrected chi connectivity index (χ0v) is 10.8. The Kier molecular flexibility index (Phi) is 2.07. The van der Waals surface area contributed by atoms with Crippen LogP contribution in [0.5, 0.6) is 0 Å². The van der Waals surface area contributed by atoms with Gasteiger partial charge >= 0.3 is 0 Å². The molecule has 1 fully saturated rings. The van der Waals surface area contributed by atoms with Gasteiger partial charge in [-0.25, -0.2) is 4.98 Å². The Balaban J connectivity index is 1.93. The number of nitrogens with zero attached hydrogens (tertiary/aromatic N) is 3. The van der Waals surface area contributed by atoms with Gasteiger partial charge in [0.2, 0.25) is 0 Å². The minimum atomic E-state index is 0.308. The summed E-state index contributed by atoms with van der Waals surface area (Å²) in [7, 11) is 0. The highest BCUT2D eigenvalue weighted by Crippen LogP contribution is 2.57. The minimum Gasteiger partial charge on any atom is -0.375 e. The SMILES string of the molecule is Cc1nc(N)sc1-c1nc(C2CC2(C)C)no1. The summed E-state index contributed by atoms with van der Waals surface area (Å²) >= 11 is 1.38. The highest BCUT2D eigenvalue weighted by Gasteiger charge is 2.49. The van der Waals surface area contributed by atoms with Crippen molar-refractivity contribution in [3.63, 3.8) is 0 Å². The third-order valence-electron chi connectivity index (χ3n) is 3.27. The summed E-state index contributed by atoms with van der Waals surface area (Å²) < 4.78 is 5.29. The molecule has 0 amide bonds. The predicted molar refractivity (Wildman–Crippen MR) is 65.7 cm³/mol. The van der Waals surface area contributed by atoms with Crippen LogP contribution in [-0.2, 0) is 0 Å². The molecular formula is C11H14N4OS. The standard InChI is InChI=1S/C11H14N4OS/c1-5-7(17-10(12)13-5)9-14-8(15-16-9)6-4-11(6,2)3/h6H,4H2,1-3H3,(H2,12,13). The summed E-state index contributed by atoms with van der Waals surface area (Å²) in [6, 6.07) is 0. The molecule has 90 valence electrons. The zero-order valence-electron chi connectivity index (χ0n) is 10.0. The van der Waals surface area contributed by atoms with E-state index in [1.54, 1.807) is 0 Å². The van der Waals surface area contributed by atoms with E-state index < -0.39 is 0 Å². The number of hydrogen-bond donors (Lipinski definition) is 1. The molecule has 2 N–H and O–H groups in total. The number of hydrogen-bond acceptors (Lipinski definition) is 6. The first-order chi connectivity index (χ1) is 7.97. The van der Waals surface area contributed by atoms with Crippen molar-refractivity contribution in [1.82, 2.24) is 15.1 Å².